The van der Waals surface area contributed by atoms with Crippen LogP contribution in [0.15, 0.2) is 88.1 Å². The zero-order valence-corrected chi connectivity index (χ0v) is 19.3. The number of carbonyl (C=O) groups is 3. The third-order valence-corrected chi connectivity index (χ3v) is 5.14. The van der Waals surface area contributed by atoms with Gasteiger partial charge in [-0.3, -0.25) is 10.1 Å². The topological polar surface area (TPSA) is 124 Å². The van der Waals surface area contributed by atoms with Crippen LogP contribution in [-0.4, -0.2) is 24.6 Å². The normalized spacial score (nSPS) is 10.5. The molecule has 0 radical (unpaired) electrons. The van der Waals surface area contributed by atoms with E-state index in [9.17, 15) is 19.2 Å². The van der Waals surface area contributed by atoms with Crippen molar-refractivity contribution in [2.24, 2.45) is 0 Å². The van der Waals surface area contributed by atoms with Crippen molar-refractivity contribution < 1.29 is 28.3 Å². The number of esters is 1. The number of benzene rings is 3. The molecule has 0 saturated heterocycles. The highest BCUT2D eigenvalue weighted by Crippen LogP contribution is 2.23. The molecule has 0 spiro atoms. The van der Waals surface area contributed by atoms with Gasteiger partial charge in [0.1, 0.15) is 12.2 Å². The fourth-order valence-electron chi connectivity index (χ4n) is 3.49. The van der Waals surface area contributed by atoms with Crippen LogP contribution in [0.3, 0.4) is 0 Å². The Morgan fingerprint density at radius 2 is 1.61 bits per heavy atom. The average molecular weight is 486 g/mol. The Balaban J connectivity index is 1.51. The average Bonchev–Trinajstić information content (AvgIpc) is 2.87. The maximum Gasteiger partial charge on any atom is 0.411 e. The number of anilines is 2. The molecule has 9 nitrogen and oxygen atoms in total. The van der Waals surface area contributed by atoms with E-state index in [0.29, 0.717) is 27.9 Å². The number of nitrogens with one attached hydrogen (secondary N) is 2. The van der Waals surface area contributed by atoms with Gasteiger partial charge in [0.05, 0.1) is 17.9 Å². The van der Waals surface area contributed by atoms with E-state index in [1.54, 1.807) is 67.6 Å². The lowest BCUT2D eigenvalue weighted by molar-refractivity contribution is 0.0475. The Kier molecular flexibility index (Phi) is 7.40. The molecule has 1 aromatic heterocycles. The molecule has 1 heterocycles. The molecule has 0 bridgehead atoms. The van der Waals surface area contributed by atoms with E-state index in [1.165, 1.54) is 18.2 Å². The van der Waals surface area contributed by atoms with Crippen LogP contribution in [-0.2, 0) is 16.1 Å². The van der Waals surface area contributed by atoms with Crippen molar-refractivity contribution in [2.45, 2.75) is 13.5 Å². The van der Waals surface area contributed by atoms with E-state index >= 15 is 0 Å². The minimum absolute atomic E-state index is 0.162. The van der Waals surface area contributed by atoms with Gasteiger partial charge < -0.3 is 19.2 Å². The molecule has 4 rings (SSSR count). The van der Waals surface area contributed by atoms with Crippen LogP contribution in [0.2, 0.25) is 0 Å². The number of hydrogen-bond donors (Lipinski definition) is 2. The summed E-state index contributed by atoms with van der Waals surface area (Å²) in [7, 11) is 0. The highest BCUT2D eigenvalue weighted by molar-refractivity contribution is 6.08. The first-order chi connectivity index (χ1) is 17.4. The van der Waals surface area contributed by atoms with Gasteiger partial charge in [0.25, 0.3) is 5.91 Å². The summed E-state index contributed by atoms with van der Waals surface area (Å²) >= 11 is 0. The van der Waals surface area contributed by atoms with Crippen LogP contribution < -0.4 is 16.3 Å². The summed E-state index contributed by atoms with van der Waals surface area (Å²) in [5.41, 5.74) is 1.26. The van der Waals surface area contributed by atoms with Crippen molar-refractivity contribution in [1.82, 2.24) is 0 Å². The predicted octanol–water partition coefficient (Wildman–Crippen LogP) is 4.97. The number of ether oxygens (including phenoxy) is 2. The zero-order valence-electron chi connectivity index (χ0n) is 19.3. The molecule has 182 valence electrons. The second kappa shape index (κ2) is 11.0. The number of fused-ring (bicyclic) bond motifs is 1. The van der Waals surface area contributed by atoms with Gasteiger partial charge in [-0.05, 0) is 43.3 Å². The largest absolute Gasteiger partial charge is 0.457 e. The third-order valence-electron chi connectivity index (χ3n) is 5.14. The van der Waals surface area contributed by atoms with Gasteiger partial charge in [0.2, 0.25) is 0 Å². The summed E-state index contributed by atoms with van der Waals surface area (Å²) in [6, 6.07) is 21.0. The van der Waals surface area contributed by atoms with Crippen LogP contribution >= 0.6 is 0 Å². The van der Waals surface area contributed by atoms with E-state index in [4.69, 9.17) is 13.9 Å². The lowest BCUT2D eigenvalue weighted by Crippen LogP contribution is -2.16. The highest BCUT2D eigenvalue weighted by Gasteiger charge is 2.17. The Labute approximate surface area is 205 Å². The predicted molar refractivity (Wildman–Crippen MR) is 133 cm³/mol. The Morgan fingerprint density at radius 3 is 2.39 bits per heavy atom. The third kappa shape index (κ3) is 5.76. The molecule has 2 N–H and O–H groups in total. The van der Waals surface area contributed by atoms with Crippen molar-refractivity contribution in [1.29, 1.82) is 0 Å². The molecule has 0 aliphatic carbocycles. The number of para-hydroxylation sites is 1. The quantitative estimate of drug-likeness (QED) is 0.279. The van der Waals surface area contributed by atoms with Gasteiger partial charge in [-0.25, -0.2) is 14.4 Å². The first-order valence-electron chi connectivity index (χ1n) is 11.1. The number of rotatable bonds is 7. The smallest absolute Gasteiger partial charge is 0.411 e. The molecule has 0 unspecified atom stereocenters. The summed E-state index contributed by atoms with van der Waals surface area (Å²) < 4.78 is 15.6. The molecule has 4 aromatic rings. The van der Waals surface area contributed by atoms with E-state index in [-0.39, 0.29) is 30.3 Å². The van der Waals surface area contributed by atoms with Crippen LogP contribution in [0, 0.1) is 0 Å². The molecular formula is C27H22N2O7. The fraction of sp³-hybridized carbons (Fsp3) is 0.111. The second-order valence-corrected chi connectivity index (χ2v) is 7.59. The van der Waals surface area contributed by atoms with Gasteiger partial charge in [-0.2, -0.15) is 0 Å². The van der Waals surface area contributed by atoms with E-state index in [0.717, 1.165) is 0 Å². The van der Waals surface area contributed by atoms with Crippen molar-refractivity contribution >= 4 is 40.3 Å². The first-order valence-corrected chi connectivity index (χ1v) is 11.1. The molecule has 0 aliphatic rings. The van der Waals surface area contributed by atoms with Gasteiger partial charge in [0.15, 0.2) is 0 Å². The summed E-state index contributed by atoms with van der Waals surface area (Å²) in [6.45, 7) is 1.68. The molecule has 0 atom stereocenters. The van der Waals surface area contributed by atoms with Crippen LogP contribution in [0.25, 0.3) is 11.0 Å². The standard InChI is InChI=1S/C27H22N2O7/c1-2-34-27(33)28-19-12-13-20-18(14-24(30)36-23(20)15-19)16-35-26(32)21-10-6-7-11-22(21)29-25(31)17-8-4-3-5-9-17/h3-15H,2,16H2,1H3,(H,28,33)(H,29,31). The Hall–Kier alpha value is -4.92. The van der Waals surface area contributed by atoms with Crippen molar-refractivity contribution in [2.75, 3.05) is 17.2 Å². The minimum atomic E-state index is -0.680. The van der Waals surface area contributed by atoms with Gasteiger partial charge >= 0.3 is 17.7 Å². The molecular weight excluding hydrogens is 464 g/mol. The number of carbonyl (C=O) groups excluding carboxylic acids is 3. The maximum absolute atomic E-state index is 12.9. The summed E-state index contributed by atoms with van der Waals surface area (Å²) in [5, 5.41) is 5.79. The van der Waals surface area contributed by atoms with Gasteiger partial charge in [-0.1, -0.05) is 30.3 Å². The molecule has 0 fully saturated rings. The molecule has 2 amide bonds. The summed E-state index contributed by atoms with van der Waals surface area (Å²) in [5.74, 6) is -1.05. The second-order valence-electron chi connectivity index (χ2n) is 7.59. The van der Waals surface area contributed by atoms with Gasteiger partial charge in [-0.15, -0.1) is 0 Å². The highest BCUT2D eigenvalue weighted by atomic mass is 16.5. The van der Waals surface area contributed by atoms with Gasteiger partial charge in [0, 0.05) is 34.3 Å². The van der Waals surface area contributed by atoms with Crippen molar-refractivity contribution in [3.8, 4) is 0 Å². The van der Waals surface area contributed by atoms with E-state index in [1.807, 2.05) is 0 Å². The number of hydrogen-bond acceptors (Lipinski definition) is 7. The monoisotopic (exact) mass is 486 g/mol. The summed E-state index contributed by atoms with van der Waals surface area (Å²) in [4.78, 5) is 49.2. The Bertz CT molecular complexity index is 1480. The lowest BCUT2D eigenvalue weighted by atomic mass is 10.1. The minimum Gasteiger partial charge on any atom is -0.457 e. The SMILES string of the molecule is CCOC(=O)Nc1ccc2c(COC(=O)c3ccccc3NC(=O)c3ccccc3)cc(=O)oc2c1. The summed E-state index contributed by atoms with van der Waals surface area (Å²) in [6.07, 6.45) is -0.637. The van der Waals surface area contributed by atoms with Crippen molar-refractivity contribution in [3.63, 3.8) is 0 Å². The molecule has 9 heteroatoms. The zero-order chi connectivity index (χ0) is 25.5. The molecule has 36 heavy (non-hydrogen) atoms. The van der Waals surface area contributed by atoms with Crippen molar-refractivity contribution in [3.05, 3.63) is 106 Å². The molecule has 0 saturated carbocycles. The van der Waals surface area contributed by atoms with E-state index < -0.39 is 17.7 Å². The molecule has 3 aromatic carbocycles. The Morgan fingerprint density at radius 1 is 0.861 bits per heavy atom. The number of amides is 2. The van der Waals surface area contributed by atoms with Crippen LogP contribution in [0.5, 0.6) is 0 Å². The molecule has 0 aliphatic heterocycles. The van der Waals surface area contributed by atoms with Crippen LogP contribution in [0.1, 0.15) is 33.2 Å². The maximum atomic E-state index is 12.9. The lowest BCUT2D eigenvalue weighted by Gasteiger charge is -2.12. The van der Waals surface area contributed by atoms with Crippen LogP contribution in [0.4, 0.5) is 16.2 Å². The fourth-order valence-corrected chi connectivity index (χ4v) is 3.49. The van der Waals surface area contributed by atoms with E-state index in [2.05, 4.69) is 10.6 Å². The first kappa shape index (κ1) is 24.2.